The molecule has 164 valence electrons. The van der Waals surface area contributed by atoms with E-state index in [-0.39, 0.29) is 40.7 Å². The topological polar surface area (TPSA) is 86.8 Å². The molecule has 0 spiro atoms. The van der Waals surface area contributed by atoms with Crippen LogP contribution in [-0.4, -0.2) is 44.2 Å². The van der Waals surface area contributed by atoms with Gasteiger partial charge in [-0.2, -0.15) is 0 Å². The number of nitrogens with zero attached hydrogens (tertiary/aromatic N) is 2. The molecule has 0 bridgehead atoms. The highest BCUT2D eigenvalue weighted by atomic mass is 35.5. The molecule has 1 N–H and O–H groups in total. The number of benzene rings is 2. The fourth-order valence-corrected chi connectivity index (χ4v) is 6.35. The van der Waals surface area contributed by atoms with Crippen LogP contribution in [0.15, 0.2) is 42.5 Å². The number of carbonyl (C=O) groups is 2. The number of amides is 2. The van der Waals surface area contributed by atoms with E-state index in [0.717, 1.165) is 0 Å². The van der Waals surface area contributed by atoms with E-state index in [1.54, 1.807) is 42.5 Å². The molecule has 2 aromatic rings. The van der Waals surface area contributed by atoms with Gasteiger partial charge in [0.05, 0.1) is 23.0 Å². The Morgan fingerprint density at radius 3 is 2.55 bits per heavy atom. The monoisotopic (exact) mass is 481 g/mol. The average molecular weight is 482 g/mol. The van der Waals surface area contributed by atoms with Gasteiger partial charge >= 0.3 is 0 Å². The number of hydrogen-bond acceptors (Lipinski definition) is 4. The Bertz CT molecular complexity index is 1120. The van der Waals surface area contributed by atoms with E-state index in [2.05, 4.69) is 5.32 Å². The summed E-state index contributed by atoms with van der Waals surface area (Å²) in [5.41, 5.74) is 1.54. The van der Waals surface area contributed by atoms with Crippen LogP contribution in [0, 0.1) is 5.92 Å². The molecule has 0 unspecified atom stereocenters. The lowest BCUT2D eigenvalue weighted by Crippen LogP contribution is -2.50. The largest absolute Gasteiger partial charge is 0.323 e. The Balaban J connectivity index is 1.53. The van der Waals surface area contributed by atoms with Gasteiger partial charge in [0.15, 0.2) is 0 Å². The van der Waals surface area contributed by atoms with E-state index in [4.69, 9.17) is 23.2 Å². The lowest BCUT2D eigenvalue weighted by atomic mass is 9.97. The number of nitrogens with one attached hydrogen (secondary N) is 1. The fraction of sp³-hybridized carbons (Fsp3) is 0.333. The van der Waals surface area contributed by atoms with Crippen molar-refractivity contribution in [1.29, 1.82) is 0 Å². The zero-order valence-corrected chi connectivity index (χ0v) is 18.9. The normalized spacial score (nSPS) is 19.6. The SMILES string of the molecule is O=C1CN(C(=O)[C@H]2CCCN(S(=O)(=O)Cc3c(Cl)cccc3Cl)C2)c2ccccc2N1. The lowest BCUT2D eigenvalue weighted by molar-refractivity contribution is -0.125. The van der Waals surface area contributed by atoms with Crippen molar-refractivity contribution >= 4 is 56.4 Å². The molecule has 10 heteroatoms. The standard InChI is InChI=1S/C21H21Cl2N3O4S/c22-16-6-3-7-17(23)15(16)13-31(29,30)25-10-4-5-14(11-25)21(28)26-12-20(27)24-18-8-1-2-9-19(18)26/h1-3,6-9,14H,4-5,10-13H2,(H,24,27)/t14-/m0/s1. The molecule has 2 amide bonds. The molecule has 1 fully saturated rings. The van der Waals surface area contributed by atoms with Gasteiger partial charge in [-0.05, 0) is 37.1 Å². The Hall–Kier alpha value is -2.13. The molecule has 7 nitrogen and oxygen atoms in total. The number of carbonyl (C=O) groups excluding carboxylic acids is 2. The van der Waals surface area contributed by atoms with Gasteiger partial charge in [0, 0.05) is 28.7 Å². The van der Waals surface area contributed by atoms with Crippen molar-refractivity contribution in [3.05, 3.63) is 58.1 Å². The summed E-state index contributed by atoms with van der Waals surface area (Å²) < 4.78 is 27.5. The van der Waals surface area contributed by atoms with Crippen LogP contribution in [0.1, 0.15) is 18.4 Å². The zero-order valence-electron chi connectivity index (χ0n) is 16.6. The number of para-hydroxylation sites is 2. The molecule has 0 aliphatic carbocycles. The van der Waals surface area contributed by atoms with Crippen molar-refractivity contribution in [2.45, 2.75) is 18.6 Å². The molecule has 2 aliphatic heterocycles. The van der Waals surface area contributed by atoms with Crippen molar-refractivity contribution in [1.82, 2.24) is 4.31 Å². The number of piperidine rings is 1. The molecule has 1 atom stereocenters. The number of rotatable bonds is 4. The van der Waals surface area contributed by atoms with Crippen molar-refractivity contribution < 1.29 is 18.0 Å². The highest BCUT2D eigenvalue weighted by Gasteiger charge is 2.37. The van der Waals surface area contributed by atoms with Gasteiger partial charge in [0.2, 0.25) is 21.8 Å². The summed E-state index contributed by atoms with van der Waals surface area (Å²) in [6.45, 7) is 0.295. The first-order valence-electron chi connectivity index (χ1n) is 9.87. The zero-order chi connectivity index (χ0) is 22.2. The van der Waals surface area contributed by atoms with Gasteiger partial charge in [-0.15, -0.1) is 0 Å². The van der Waals surface area contributed by atoms with Crippen molar-refractivity contribution in [3.8, 4) is 0 Å². The molecule has 0 radical (unpaired) electrons. The average Bonchev–Trinajstić information content (AvgIpc) is 2.75. The van der Waals surface area contributed by atoms with Gasteiger partial charge in [-0.1, -0.05) is 41.4 Å². The lowest BCUT2D eigenvalue weighted by Gasteiger charge is -2.36. The van der Waals surface area contributed by atoms with E-state index in [1.165, 1.54) is 9.21 Å². The summed E-state index contributed by atoms with van der Waals surface area (Å²) in [7, 11) is -3.74. The number of halogens is 2. The molecular formula is C21H21Cl2N3O4S. The maximum Gasteiger partial charge on any atom is 0.244 e. The second kappa shape index (κ2) is 8.78. The van der Waals surface area contributed by atoms with Gasteiger partial charge < -0.3 is 10.2 Å². The summed E-state index contributed by atoms with van der Waals surface area (Å²) in [4.78, 5) is 26.8. The quantitative estimate of drug-likeness (QED) is 0.723. The molecule has 31 heavy (non-hydrogen) atoms. The van der Waals surface area contributed by atoms with Crippen LogP contribution in [0.4, 0.5) is 11.4 Å². The Morgan fingerprint density at radius 2 is 1.81 bits per heavy atom. The molecule has 2 heterocycles. The minimum absolute atomic E-state index is 0.0591. The summed E-state index contributed by atoms with van der Waals surface area (Å²) in [5.74, 6) is -1.40. The highest BCUT2D eigenvalue weighted by molar-refractivity contribution is 7.88. The predicted octanol–water partition coefficient (Wildman–Crippen LogP) is 3.52. The molecule has 2 aromatic carbocycles. The minimum Gasteiger partial charge on any atom is -0.323 e. The van der Waals surface area contributed by atoms with E-state index in [9.17, 15) is 18.0 Å². The Morgan fingerprint density at radius 1 is 1.10 bits per heavy atom. The van der Waals surface area contributed by atoms with Crippen LogP contribution in [0.2, 0.25) is 10.0 Å². The predicted molar refractivity (Wildman–Crippen MR) is 121 cm³/mol. The van der Waals surface area contributed by atoms with Crippen LogP contribution in [0.25, 0.3) is 0 Å². The Labute approximate surface area is 191 Å². The smallest absolute Gasteiger partial charge is 0.244 e. The second-order valence-corrected chi connectivity index (χ2v) is 10.4. The summed E-state index contributed by atoms with van der Waals surface area (Å²) >= 11 is 12.3. The molecule has 1 saturated heterocycles. The number of anilines is 2. The van der Waals surface area contributed by atoms with Crippen molar-refractivity contribution in [3.63, 3.8) is 0 Å². The molecular weight excluding hydrogens is 461 g/mol. The maximum atomic E-state index is 13.3. The molecule has 2 aliphatic rings. The van der Waals surface area contributed by atoms with Crippen LogP contribution in [0.5, 0.6) is 0 Å². The third kappa shape index (κ3) is 4.57. The Kier molecular flexibility index (Phi) is 6.25. The van der Waals surface area contributed by atoms with Crippen molar-refractivity contribution in [2.75, 3.05) is 29.9 Å². The second-order valence-electron chi connectivity index (χ2n) is 7.64. The van der Waals surface area contributed by atoms with Gasteiger partial charge in [-0.25, -0.2) is 12.7 Å². The van der Waals surface area contributed by atoms with Crippen LogP contribution in [-0.2, 0) is 25.4 Å². The van der Waals surface area contributed by atoms with Crippen LogP contribution >= 0.6 is 23.2 Å². The number of hydrogen-bond donors (Lipinski definition) is 1. The summed E-state index contributed by atoms with van der Waals surface area (Å²) in [6.07, 6.45) is 1.10. The van der Waals surface area contributed by atoms with Gasteiger partial charge in [0.1, 0.15) is 6.54 Å². The fourth-order valence-electron chi connectivity index (χ4n) is 3.99. The number of sulfonamides is 1. The van der Waals surface area contributed by atoms with E-state index in [1.807, 2.05) is 0 Å². The first-order valence-corrected chi connectivity index (χ1v) is 12.2. The van der Waals surface area contributed by atoms with E-state index < -0.39 is 15.9 Å². The third-order valence-corrected chi connectivity index (χ3v) is 8.03. The van der Waals surface area contributed by atoms with E-state index in [0.29, 0.717) is 36.3 Å². The van der Waals surface area contributed by atoms with Crippen LogP contribution in [0.3, 0.4) is 0 Å². The highest BCUT2D eigenvalue weighted by Crippen LogP contribution is 2.33. The summed E-state index contributed by atoms with van der Waals surface area (Å²) in [5, 5.41) is 3.33. The molecule has 0 aromatic heterocycles. The number of fused-ring (bicyclic) bond motifs is 1. The molecule has 4 rings (SSSR count). The third-order valence-electron chi connectivity index (χ3n) is 5.55. The van der Waals surface area contributed by atoms with Crippen LogP contribution < -0.4 is 10.2 Å². The van der Waals surface area contributed by atoms with E-state index >= 15 is 0 Å². The molecule has 0 saturated carbocycles. The maximum absolute atomic E-state index is 13.3. The first-order chi connectivity index (χ1) is 14.8. The summed E-state index contributed by atoms with van der Waals surface area (Å²) in [6, 6.07) is 11.9. The van der Waals surface area contributed by atoms with Gasteiger partial charge in [-0.3, -0.25) is 9.59 Å². The minimum atomic E-state index is -3.74. The van der Waals surface area contributed by atoms with Gasteiger partial charge in [0.25, 0.3) is 0 Å². The van der Waals surface area contributed by atoms with Crippen molar-refractivity contribution in [2.24, 2.45) is 5.92 Å². The first kappa shape index (κ1) is 22.1.